The van der Waals surface area contributed by atoms with Crippen LogP contribution in [0.2, 0.25) is 0 Å². The maximum Gasteiger partial charge on any atom is 0.165 e. The van der Waals surface area contributed by atoms with Crippen molar-refractivity contribution >= 4 is 38.3 Å². The van der Waals surface area contributed by atoms with E-state index in [1.165, 1.54) is 21.9 Å². The summed E-state index contributed by atoms with van der Waals surface area (Å²) in [6, 6.07) is 35.8. The lowest BCUT2D eigenvalue weighted by Gasteiger charge is -2.32. The Morgan fingerprint density at radius 3 is 2.32 bits per heavy atom. The number of aromatic nitrogens is 3. The van der Waals surface area contributed by atoms with E-state index in [4.69, 9.17) is 19.4 Å². The summed E-state index contributed by atoms with van der Waals surface area (Å²) in [6.07, 6.45) is 24.9. The van der Waals surface area contributed by atoms with E-state index in [0.717, 1.165) is 62.6 Å². The summed E-state index contributed by atoms with van der Waals surface area (Å²) in [6.45, 7) is 6.05. The number of hydrogen-bond acceptors (Lipinski definition) is 4. The third-order valence-corrected chi connectivity index (χ3v) is 10.4. The molecule has 7 aromatic rings. The van der Waals surface area contributed by atoms with E-state index in [2.05, 4.69) is 135 Å². The van der Waals surface area contributed by atoms with E-state index < -0.39 is 0 Å². The lowest BCUT2D eigenvalue weighted by Crippen LogP contribution is -2.19. The Kier molecular flexibility index (Phi) is 8.21. The maximum absolute atomic E-state index is 6.49. The number of rotatable bonds is 8. The highest BCUT2D eigenvalue weighted by Crippen LogP contribution is 2.45. The van der Waals surface area contributed by atoms with Crippen molar-refractivity contribution in [2.75, 3.05) is 0 Å². The summed E-state index contributed by atoms with van der Waals surface area (Å²) in [5, 5.41) is 4.39. The van der Waals surface area contributed by atoms with Gasteiger partial charge in [0.15, 0.2) is 17.5 Å². The molecule has 0 saturated carbocycles. The van der Waals surface area contributed by atoms with Gasteiger partial charge < -0.3 is 4.42 Å². The SMILES string of the molecule is C=C/C=C\C=C/Cc1ccc(-c2ccc3oc4ccccc4c3c2-c2nc(C3=CCC4(C)C=CC=CC4=C3)nc(-c3ccccc3)n2)c2ccccc12. The van der Waals surface area contributed by atoms with Gasteiger partial charge in [0.1, 0.15) is 11.2 Å². The molecule has 254 valence electrons. The van der Waals surface area contributed by atoms with Crippen molar-refractivity contribution in [1.29, 1.82) is 0 Å². The van der Waals surface area contributed by atoms with Crippen LogP contribution in [0.3, 0.4) is 0 Å². The van der Waals surface area contributed by atoms with Crippen LogP contribution >= 0.6 is 0 Å². The number of furan rings is 1. The van der Waals surface area contributed by atoms with Gasteiger partial charge in [-0.05, 0) is 70.2 Å². The normalized spacial score (nSPS) is 16.8. The number of nitrogens with zero attached hydrogens (tertiary/aromatic N) is 3. The molecule has 9 rings (SSSR count). The number of hydrogen-bond donors (Lipinski definition) is 0. The Labute approximate surface area is 309 Å². The van der Waals surface area contributed by atoms with E-state index in [1.807, 2.05) is 42.5 Å². The van der Waals surface area contributed by atoms with Gasteiger partial charge in [-0.1, -0.05) is 159 Å². The minimum absolute atomic E-state index is 0.0455. The van der Waals surface area contributed by atoms with Crippen LogP contribution < -0.4 is 0 Å². The molecule has 4 nitrogen and oxygen atoms in total. The molecule has 0 spiro atoms. The number of benzene rings is 5. The molecule has 0 amide bonds. The Morgan fingerprint density at radius 2 is 1.45 bits per heavy atom. The van der Waals surface area contributed by atoms with E-state index in [9.17, 15) is 0 Å². The second-order valence-electron chi connectivity index (χ2n) is 13.8. The maximum atomic E-state index is 6.49. The van der Waals surface area contributed by atoms with Crippen LogP contribution in [0.5, 0.6) is 0 Å². The summed E-state index contributed by atoms with van der Waals surface area (Å²) in [5.41, 5.74) is 9.09. The van der Waals surface area contributed by atoms with Gasteiger partial charge in [0.2, 0.25) is 0 Å². The fourth-order valence-corrected chi connectivity index (χ4v) is 7.61. The lowest BCUT2D eigenvalue weighted by atomic mass is 9.73. The highest BCUT2D eigenvalue weighted by Gasteiger charge is 2.30. The Bertz CT molecular complexity index is 2760. The number of allylic oxidation sites excluding steroid dienone is 13. The van der Waals surface area contributed by atoms with Gasteiger partial charge in [0.05, 0.1) is 0 Å². The molecule has 2 aromatic heterocycles. The van der Waals surface area contributed by atoms with Crippen molar-refractivity contribution in [2.45, 2.75) is 19.8 Å². The second kappa shape index (κ2) is 13.5. The van der Waals surface area contributed by atoms with Crippen molar-refractivity contribution in [3.8, 4) is 33.9 Å². The Hall–Kier alpha value is -6.65. The molecule has 0 fully saturated rings. The van der Waals surface area contributed by atoms with Crippen LogP contribution in [0.15, 0.2) is 187 Å². The highest BCUT2D eigenvalue weighted by molar-refractivity contribution is 6.16. The second-order valence-corrected chi connectivity index (χ2v) is 13.8. The van der Waals surface area contributed by atoms with Crippen molar-refractivity contribution in [1.82, 2.24) is 15.0 Å². The first-order valence-electron chi connectivity index (χ1n) is 18.1. The van der Waals surface area contributed by atoms with Gasteiger partial charge in [-0.3, -0.25) is 0 Å². The average Bonchev–Trinajstić information content (AvgIpc) is 3.59. The Balaban J connectivity index is 1.31. The zero-order valence-corrected chi connectivity index (χ0v) is 29.5. The first-order chi connectivity index (χ1) is 26.1. The quantitative estimate of drug-likeness (QED) is 0.150. The van der Waals surface area contributed by atoms with Crippen LogP contribution in [-0.4, -0.2) is 15.0 Å². The predicted octanol–water partition coefficient (Wildman–Crippen LogP) is 12.6. The smallest absolute Gasteiger partial charge is 0.165 e. The van der Waals surface area contributed by atoms with Gasteiger partial charge in [-0.25, -0.2) is 15.0 Å². The Morgan fingerprint density at radius 1 is 0.698 bits per heavy atom. The molecule has 2 heterocycles. The third kappa shape index (κ3) is 5.88. The molecule has 0 radical (unpaired) electrons. The minimum Gasteiger partial charge on any atom is -0.456 e. The van der Waals surface area contributed by atoms with Crippen molar-refractivity contribution in [3.05, 3.63) is 194 Å². The van der Waals surface area contributed by atoms with E-state index in [1.54, 1.807) is 6.08 Å². The standard InChI is InChI=1S/C49H37N3O/c1-3-4-5-6-8-17-33-25-26-39(38-22-12-11-21-37(33)38)40-27-28-43-44(41-23-13-14-24-42(41)53-43)45(40)48-51-46(34-18-9-7-10-19-34)50-47(52-48)35-29-31-49(2)30-16-15-20-36(49)32-35/h3-16,18-30,32H,1,17,31H2,2H3/b5-4-,8-6-. The minimum atomic E-state index is -0.0455. The van der Waals surface area contributed by atoms with Gasteiger partial charge in [0, 0.05) is 32.9 Å². The lowest BCUT2D eigenvalue weighted by molar-refractivity contribution is 0.528. The summed E-state index contributed by atoms with van der Waals surface area (Å²) >= 11 is 0. The summed E-state index contributed by atoms with van der Waals surface area (Å²) in [7, 11) is 0. The third-order valence-electron chi connectivity index (χ3n) is 10.4. The van der Waals surface area contributed by atoms with Crippen molar-refractivity contribution in [2.24, 2.45) is 5.41 Å². The van der Waals surface area contributed by atoms with Crippen LogP contribution in [0, 0.1) is 5.41 Å². The summed E-state index contributed by atoms with van der Waals surface area (Å²) in [5.74, 6) is 1.89. The van der Waals surface area contributed by atoms with Crippen LogP contribution in [-0.2, 0) is 6.42 Å². The molecule has 1 atom stereocenters. The molecule has 2 aliphatic rings. The average molecular weight is 684 g/mol. The predicted molar refractivity (Wildman–Crippen MR) is 220 cm³/mol. The molecule has 5 aromatic carbocycles. The fourth-order valence-electron chi connectivity index (χ4n) is 7.61. The van der Waals surface area contributed by atoms with Crippen LogP contribution in [0.4, 0.5) is 0 Å². The highest BCUT2D eigenvalue weighted by atomic mass is 16.3. The first kappa shape index (κ1) is 32.3. The zero-order chi connectivity index (χ0) is 35.8. The summed E-state index contributed by atoms with van der Waals surface area (Å²) < 4.78 is 6.49. The molecule has 0 N–H and O–H groups in total. The van der Waals surface area contributed by atoms with E-state index >= 15 is 0 Å². The van der Waals surface area contributed by atoms with E-state index in [-0.39, 0.29) is 5.41 Å². The molecule has 53 heavy (non-hydrogen) atoms. The molecule has 0 bridgehead atoms. The fraction of sp³-hybridized carbons (Fsp3) is 0.0816. The van der Waals surface area contributed by atoms with Crippen LogP contribution in [0.25, 0.3) is 72.2 Å². The molecular weight excluding hydrogens is 647 g/mol. The molecule has 0 aliphatic heterocycles. The first-order valence-corrected chi connectivity index (χ1v) is 18.1. The molecule has 0 saturated heterocycles. The van der Waals surface area contributed by atoms with Gasteiger partial charge in [0.25, 0.3) is 0 Å². The van der Waals surface area contributed by atoms with Crippen molar-refractivity contribution < 1.29 is 4.42 Å². The number of fused-ring (bicyclic) bond motifs is 5. The molecule has 4 heteroatoms. The molecular formula is C49H37N3O. The molecule has 1 unspecified atom stereocenters. The topological polar surface area (TPSA) is 51.8 Å². The van der Waals surface area contributed by atoms with Gasteiger partial charge in [-0.15, -0.1) is 0 Å². The monoisotopic (exact) mass is 683 g/mol. The van der Waals surface area contributed by atoms with Gasteiger partial charge >= 0.3 is 0 Å². The largest absolute Gasteiger partial charge is 0.456 e. The van der Waals surface area contributed by atoms with Crippen molar-refractivity contribution in [3.63, 3.8) is 0 Å². The molecule has 2 aliphatic carbocycles. The zero-order valence-electron chi connectivity index (χ0n) is 29.5. The van der Waals surface area contributed by atoms with E-state index in [0.29, 0.717) is 17.5 Å². The number of para-hydroxylation sites is 1. The van der Waals surface area contributed by atoms with Gasteiger partial charge in [-0.2, -0.15) is 0 Å². The summed E-state index contributed by atoms with van der Waals surface area (Å²) in [4.78, 5) is 15.8. The van der Waals surface area contributed by atoms with Crippen LogP contribution in [0.1, 0.15) is 24.7 Å².